The summed E-state index contributed by atoms with van der Waals surface area (Å²) in [5.74, 6) is -1.76. The number of aromatic nitrogens is 1. The molecular formula is C26H25ClFN3O3S. The Hall–Kier alpha value is -2.94. The topological polar surface area (TPSA) is 65.8 Å². The lowest BCUT2D eigenvalue weighted by molar-refractivity contribution is 0.0695. The molecule has 35 heavy (non-hydrogen) atoms. The lowest BCUT2D eigenvalue weighted by atomic mass is 10.1. The molecule has 3 heterocycles. The minimum absolute atomic E-state index is 0. The molecule has 1 aliphatic heterocycles. The summed E-state index contributed by atoms with van der Waals surface area (Å²) in [7, 11) is 0. The van der Waals surface area contributed by atoms with E-state index in [0.717, 1.165) is 32.5 Å². The summed E-state index contributed by atoms with van der Waals surface area (Å²) in [5, 5.41) is 13.0. The van der Waals surface area contributed by atoms with Gasteiger partial charge in [-0.3, -0.25) is 9.69 Å². The van der Waals surface area contributed by atoms with Gasteiger partial charge in [0, 0.05) is 55.0 Å². The van der Waals surface area contributed by atoms with Crippen molar-refractivity contribution in [3.05, 3.63) is 75.1 Å². The molecule has 2 fully saturated rings. The third-order valence-corrected chi connectivity index (χ3v) is 7.94. The van der Waals surface area contributed by atoms with Gasteiger partial charge in [-0.2, -0.15) is 0 Å². The summed E-state index contributed by atoms with van der Waals surface area (Å²) in [5.41, 5.74) is 1.48. The van der Waals surface area contributed by atoms with Crippen molar-refractivity contribution in [3.8, 4) is 0 Å². The predicted octanol–water partition coefficient (Wildman–Crippen LogP) is 5.13. The third-order valence-electron chi connectivity index (χ3n) is 6.94. The molecule has 6 rings (SSSR count). The number of hydrogen-bond donors (Lipinski definition) is 1. The number of piperazine rings is 1. The minimum Gasteiger partial charge on any atom is -0.477 e. The van der Waals surface area contributed by atoms with E-state index in [1.54, 1.807) is 17.4 Å². The first-order valence-corrected chi connectivity index (χ1v) is 12.4. The Morgan fingerprint density at radius 1 is 1.11 bits per heavy atom. The highest BCUT2D eigenvalue weighted by molar-refractivity contribution is 7.17. The molecule has 4 aromatic rings. The monoisotopic (exact) mass is 513 g/mol. The van der Waals surface area contributed by atoms with Gasteiger partial charge in [0.2, 0.25) is 5.43 Å². The number of carboxylic acids is 1. The number of halogens is 2. The van der Waals surface area contributed by atoms with E-state index < -0.39 is 17.2 Å². The van der Waals surface area contributed by atoms with Gasteiger partial charge in [-0.15, -0.1) is 23.7 Å². The van der Waals surface area contributed by atoms with Gasteiger partial charge < -0.3 is 14.6 Å². The van der Waals surface area contributed by atoms with Crippen LogP contribution in [0.3, 0.4) is 0 Å². The van der Waals surface area contributed by atoms with Gasteiger partial charge in [-0.25, -0.2) is 9.18 Å². The van der Waals surface area contributed by atoms with E-state index in [1.807, 2.05) is 9.47 Å². The molecule has 0 bridgehead atoms. The molecule has 9 heteroatoms. The van der Waals surface area contributed by atoms with Crippen LogP contribution in [0.5, 0.6) is 0 Å². The van der Waals surface area contributed by atoms with Crippen molar-refractivity contribution in [2.24, 2.45) is 0 Å². The SMILES string of the molecule is Cl.O=C(O)c1cn(C2CC2)c2cc(N3CCN(Cc4cccc5ccsc45)CC3)c(F)cc2c1=O. The van der Waals surface area contributed by atoms with E-state index in [0.29, 0.717) is 24.3 Å². The molecule has 1 saturated carbocycles. The summed E-state index contributed by atoms with van der Waals surface area (Å²) in [4.78, 5) is 28.7. The molecule has 1 aliphatic carbocycles. The van der Waals surface area contributed by atoms with Gasteiger partial charge in [0.05, 0.1) is 11.2 Å². The van der Waals surface area contributed by atoms with Crippen LogP contribution in [0.4, 0.5) is 10.1 Å². The predicted molar refractivity (Wildman–Crippen MR) is 140 cm³/mol. The summed E-state index contributed by atoms with van der Waals surface area (Å²) in [6.45, 7) is 3.86. The number of nitrogens with zero attached hydrogens (tertiary/aromatic N) is 3. The molecule has 0 amide bonds. The fourth-order valence-electron chi connectivity index (χ4n) is 4.98. The van der Waals surface area contributed by atoms with Crippen LogP contribution in [0.25, 0.3) is 21.0 Å². The number of carboxylic acid groups (broad SMARTS) is 1. The fraction of sp³-hybridized carbons (Fsp3) is 0.308. The average molecular weight is 514 g/mol. The molecule has 2 aromatic carbocycles. The van der Waals surface area contributed by atoms with Crippen molar-refractivity contribution in [2.45, 2.75) is 25.4 Å². The molecule has 1 N–H and O–H groups in total. The highest BCUT2D eigenvalue weighted by Crippen LogP contribution is 2.38. The molecule has 2 aliphatic rings. The molecule has 182 valence electrons. The van der Waals surface area contributed by atoms with Crippen LogP contribution in [-0.4, -0.2) is 46.7 Å². The van der Waals surface area contributed by atoms with Gasteiger partial charge in [0.15, 0.2) is 0 Å². The average Bonchev–Trinajstić information content (AvgIpc) is 3.55. The smallest absolute Gasteiger partial charge is 0.341 e. The Morgan fingerprint density at radius 3 is 2.60 bits per heavy atom. The number of hydrogen-bond acceptors (Lipinski definition) is 5. The second kappa shape index (κ2) is 9.26. The maximum Gasteiger partial charge on any atom is 0.341 e. The summed E-state index contributed by atoms with van der Waals surface area (Å²) >= 11 is 1.76. The Balaban J connectivity index is 0.00000253. The highest BCUT2D eigenvalue weighted by atomic mass is 35.5. The molecule has 0 atom stereocenters. The molecule has 0 unspecified atom stereocenters. The zero-order chi connectivity index (χ0) is 23.4. The molecule has 1 saturated heterocycles. The first kappa shape index (κ1) is 23.8. The summed E-state index contributed by atoms with van der Waals surface area (Å²) in [6, 6.07) is 11.7. The van der Waals surface area contributed by atoms with Gasteiger partial charge in [-0.1, -0.05) is 18.2 Å². The van der Waals surface area contributed by atoms with Crippen molar-refractivity contribution in [1.29, 1.82) is 0 Å². The Morgan fingerprint density at radius 2 is 1.89 bits per heavy atom. The Bertz CT molecular complexity index is 1490. The third kappa shape index (κ3) is 4.30. The van der Waals surface area contributed by atoms with Crippen LogP contribution in [0.15, 0.2) is 52.8 Å². The van der Waals surface area contributed by atoms with Crippen LogP contribution < -0.4 is 10.3 Å². The van der Waals surface area contributed by atoms with Crippen molar-refractivity contribution in [3.63, 3.8) is 0 Å². The fourth-order valence-corrected chi connectivity index (χ4v) is 5.88. The number of anilines is 1. The van der Waals surface area contributed by atoms with Crippen LogP contribution in [0.2, 0.25) is 0 Å². The van der Waals surface area contributed by atoms with Crippen molar-refractivity contribution >= 4 is 56.4 Å². The van der Waals surface area contributed by atoms with Gasteiger partial charge in [0.25, 0.3) is 0 Å². The number of aromatic carboxylic acids is 1. The molecular weight excluding hydrogens is 489 g/mol. The number of thiophene rings is 1. The first-order valence-electron chi connectivity index (χ1n) is 11.5. The maximum atomic E-state index is 15.2. The lowest BCUT2D eigenvalue weighted by Gasteiger charge is -2.36. The normalized spacial score (nSPS) is 16.5. The number of benzene rings is 2. The van der Waals surface area contributed by atoms with Crippen LogP contribution in [0.1, 0.15) is 34.8 Å². The Labute approximate surface area is 211 Å². The minimum atomic E-state index is -1.28. The van der Waals surface area contributed by atoms with E-state index in [-0.39, 0.29) is 29.4 Å². The van der Waals surface area contributed by atoms with Crippen molar-refractivity contribution in [2.75, 3.05) is 31.1 Å². The molecule has 0 radical (unpaired) electrons. The van der Waals surface area contributed by atoms with Crippen molar-refractivity contribution in [1.82, 2.24) is 9.47 Å². The standard InChI is InChI=1S/C26H24FN3O3S.ClH/c27-21-12-19-22(30(18-4-5-18)15-20(24(19)31)26(32)33)13-23(21)29-9-7-28(8-10-29)14-17-3-1-2-16-6-11-34-25(16)17;/h1-3,6,11-13,15,18H,4-5,7-10,14H2,(H,32,33);1H. The number of pyridine rings is 1. The van der Waals surface area contributed by atoms with Crippen LogP contribution in [0, 0.1) is 5.82 Å². The van der Waals surface area contributed by atoms with Crippen LogP contribution in [-0.2, 0) is 6.54 Å². The van der Waals surface area contributed by atoms with Gasteiger partial charge >= 0.3 is 5.97 Å². The van der Waals surface area contributed by atoms with Crippen molar-refractivity contribution < 1.29 is 14.3 Å². The first-order chi connectivity index (χ1) is 16.5. The van der Waals surface area contributed by atoms with E-state index in [4.69, 9.17) is 0 Å². The second-order valence-corrected chi connectivity index (χ2v) is 10.1. The largest absolute Gasteiger partial charge is 0.477 e. The van der Waals surface area contributed by atoms with Crippen LogP contribution >= 0.6 is 23.7 Å². The molecule has 6 nitrogen and oxygen atoms in total. The van der Waals surface area contributed by atoms with E-state index in [1.165, 1.54) is 27.9 Å². The molecule has 2 aromatic heterocycles. The van der Waals surface area contributed by atoms with E-state index >= 15 is 4.39 Å². The highest BCUT2D eigenvalue weighted by Gasteiger charge is 2.28. The van der Waals surface area contributed by atoms with Gasteiger partial charge in [0.1, 0.15) is 11.4 Å². The second-order valence-electron chi connectivity index (χ2n) is 9.16. The number of carbonyl (C=O) groups is 1. The van der Waals surface area contributed by atoms with Gasteiger partial charge in [-0.05, 0) is 47.4 Å². The zero-order valence-corrected chi connectivity index (χ0v) is 20.6. The lowest BCUT2D eigenvalue weighted by Crippen LogP contribution is -2.46. The summed E-state index contributed by atoms with van der Waals surface area (Å²) in [6.07, 6.45) is 3.29. The van der Waals surface area contributed by atoms with E-state index in [9.17, 15) is 14.7 Å². The maximum absolute atomic E-state index is 15.2. The Kier molecular flexibility index (Phi) is 6.29. The quantitative estimate of drug-likeness (QED) is 0.400. The number of fused-ring (bicyclic) bond motifs is 2. The zero-order valence-electron chi connectivity index (χ0n) is 18.9. The molecule has 0 spiro atoms. The van der Waals surface area contributed by atoms with E-state index in [2.05, 4.69) is 34.5 Å². The summed E-state index contributed by atoms with van der Waals surface area (Å²) < 4.78 is 18.4. The number of rotatable bonds is 5.